The smallest absolute Gasteiger partial charge is 0.468 e. The molecule has 0 aliphatic heterocycles. The van der Waals surface area contributed by atoms with Crippen LogP contribution in [0.4, 0.5) is 14.4 Å². The predicted molar refractivity (Wildman–Crippen MR) is 183 cm³/mol. The van der Waals surface area contributed by atoms with Crippen LogP contribution in [0.5, 0.6) is 0 Å². The van der Waals surface area contributed by atoms with Gasteiger partial charge in [-0.1, -0.05) is 46.4 Å². The van der Waals surface area contributed by atoms with E-state index in [1.54, 1.807) is 69.2 Å². The fraction of sp³-hybridized carbons (Fsp3) is 0.821. The van der Waals surface area contributed by atoms with Gasteiger partial charge in [-0.05, 0) is 73.4 Å². The lowest BCUT2D eigenvalue weighted by Crippen LogP contribution is -2.49. The van der Waals surface area contributed by atoms with Crippen LogP contribution in [-0.4, -0.2) is 85.5 Å². The topological polar surface area (TPSA) is 276 Å². The van der Waals surface area contributed by atoms with Crippen LogP contribution >= 0.6 is 12.4 Å². The molecule has 0 aromatic rings. The standard InChI is InChI=1S/C10H18N4O4.C10H18O5.C5H10N4O2.3CH4.ClH/c1-6(13-14-11)7(8(15)17-5)12-9(16)18-10(2,3)4;1-9(2,3)14-7(11)13-8(12)15-10(4,5)6;1-3(8-9-7)4(6)5(10)11-2;;;;/h6-7H,1-5H3,(H,12,16);1-6H3;3-4H,6H2,1-2H3;3*1H4;1H/t6-,7+;;3-,4+;;;;/m1.1..../s1. The summed E-state index contributed by atoms with van der Waals surface area (Å²) in [6.45, 7) is 18.1. The van der Waals surface area contributed by atoms with Crippen LogP contribution in [-0.2, 0) is 38.0 Å². The van der Waals surface area contributed by atoms with Gasteiger partial charge in [-0.25, -0.2) is 19.2 Å². The highest BCUT2D eigenvalue weighted by Gasteiger charge is 2.29. The third kappa shape index (κ3) is 34.7. The zero-order chi connectivity index (χ0) is 35.5. The molecule has 0 rings (SSSR count). The maximum atomic E-state index is 11.5. The van der Waals surface area contributed by atoms with Crippen molar-refractivity contribution in [3.8, 4) is 0 Å². The fourth-order valence-corrected chi connectivity index (χ4v) is 2.18. The predicted octanol–water partition coefficient (Wildman–Crippen LogP) is 7.14. The van der Waals surface area contributed by atoms with E-state index in [1.165, 1.54) is 21.1 Å². The molecule has 0 fully saturated rings. The Bertz CT molecular complexity index is 1040. The third-order valence-electron chi connectivity index (χ3n) is 4.02. The Balaban J connectivity index is -0.000000103. The molecule has 0 saturated carbocycles. The number of nitrogens with one attached hydrogen (secondary N) is 1. The number of amides is 1. The Morgan fingerprint density at radius 2 is 1.00 bits per heavy atom. The van der Waals surface area contributed by atoms with Crippen LogP contribution in [0.25, 0.3) is 20.9 Å². The highest BCUT2D eigenvalue weighted by Crippen LogP contribution is 2.12. The fourth-order valence-electron chi connectivity index (χ4n) is 2.18. The van der Waals surface area contributed by atoms with Crippen molar-refractivity contribution in [2.45, 2.75) is 139 Å². The molecule has 0 heterocycles. The van der Waals surface area contributed by atoms with Gasteiger partial charge in [0.2, 0.25) is 0 Å². The normalized spacial score (nSPS) is 12.2. The largest absolute Gasteiger partial charge is 0.519 e. The van der Waals surface area contributed by atoms with E-state index in [1.807, 2.05) is 0 Å². The molecule has 284 valence electrons. The number of hydrogen-bond acceptors (Lipinski definition) is 14. The molecule has 0 aliphatic carbocycles. The minimum Gasteiger partial charge on any atom is -0.468 e. The summed E-state index contributed by atoms with van der Waals surface area (Å²) in [6.07, 6.45) is -2.90. The highest BCUT2D eigenvalue weighted by molar-refractivity contribution is 5.85. The molecule has 0 aliphatic rings. The molecular formula is C28H59ClN8O11. The second kappa shape index (κ2) is 27.9. The van der Waals surface area contributed by atoms with Gasteiger partial charge in [0.25, 0.3) is 0 Å². The number of hydrogen-bond donors (Lipinski definition) is 2. The summed E-state index contributed by atoms with van der Waals surface area (Å²) in [7, 11) is 2.40. The molecular weight excluding hydrogens is 660 g/mol. The molecule has 0 bridgehead atoms. The molecule has 20 heteroatoms. The number of esters is 2. The maximum absolute atomic E-state index is 11.5. The molecule has 0 unspecified atom stereocenters. The molecule has 19 nitrogen and oxygen atoms in total. The van der Waals surface area contributed by atoms with Crippen molar-refractivity contribution in [3.05, 3.63) is 20.9 Å². The van der Waals surface area contributed by atoms with E-state index in [0.29, 0.717) is 0 Å². The number of methoxy groups -OCH3 is 2. The molecule has 0 spiro atoms. The molecule has 48 heavy (non-hydrogen) atoms. The van der Waals surface area contributed by atoms with Crippen molar-refractivity contribution in [3.63, 3.8) is 0 Å². The van der Waals surface area contributed by atoms with Gasteiger partial charge in [0, 0.05) is 9.82 Å². The number of ether oxygens (including phenoxy) is 6. The lowest BCUT2D eigenvalue weighted by molar-refractivity contribution is -0.144. The summed E-state index contributed by atoms with van der Waals surface area (Å²) < 4.78 is 27.7. The quantitative estimate of drug-likeness (QED) is 0.0663. The van der Waals surface area contributed by atoms with E-state index < -0.39 is 71.3 Å². The first-order valence-corrected chi connectivity index (χ1v) is 13.0. The zero-order valence-electron chi connectivity index (χ0n) is 28.0. The van der Waals surface area contributed by atoms with Crippen molar-refractivity contribution in [2.75, 3.05) is 14.2 Å². The Morgan fingerprint density at radius 3 is 1.29 bits per heavy atom. The molecule has 0 radical (unpaired) electrons. The van der Waals surface area contributed by atoms with Crippen LogP contribution in [0.1, 0.15) is 98.4 Å². The van der Waals surface area contributed by atoms with E-state index in [2.05, 4.69) is 39.6 Å². The van der Waals surface area contributed by atoms with Crippen LogP contribution in [0, 0.1) is 0 Å². The monoisotopic (exact) mass is 718 g/mol. The van der Waals surface area contributed by atoms with Crippen LogP contribution < -0.4 is 11.1 Å². The first kappa shape index (κ1) is 59.3. The van der Waals surface area contributed by atoms with E-state index in [4.69, 9.17) is 31.0 Å². The van der Waals surface area contributed by atoms with Crippen molar-refractivity contribution in [1.82, 2.24) is 5.32 Å². The number of carbonyl (C=O) groups is 5. The lowest BCUT2D eigenvalue weighted by atomic mass is 10.1. The number of nitrogens with two attached hydrogens (primary N) is 1. The Morgan fingerprint density at radius 1 is 0.667 bits per heavy atom. The van der Waals surface area contributed by atoms with E-state index in [0.717, 1.165) is 0 Å². The molecule has 0 aromatic heterocycles. The Labute approximate surface area is 290 Å². The number of halogens is 1. The number of azide groups is 2. The average Bonchev–Trinajstić information content (AvgIpc) is 2.83. The molecule has 3 N–H and O–H groups in total. The number of nitrogens with zero attached hydrogens (tertiary/aromatic N) is 6. The molecule has 0 saturated heterocycles. The summed E-state index contributed by atoms with van der Waals surface area (Å²) in [5.41, 5.74) is 19.6. The summed E-state index contributed by atoms with van der Waals surface area (Å²) in [4.78, 5) is 60.8. The Kier molecular flexibility index (Phi) is 34.4. The van der Waals surface area contributed by atoms with Gasteiger partial charge in [-0.15, -0.1) is 12.4 Å². The van der Waals surface area contributed by atoms with Crippen LogP contribution in [0.3, 0.4) is 0 Å². The third-order valence-corrected chi connectivity index (χ3v) is 4.02. The number of carbonyl (C=O) groups excluding carboxylic acids is 5. The molecule has 1 amide bonds. The summed E-state index contributed by atoms with van der Waals surface area (Å²) in [5, 5.41) is 8.91. The van der Waals surface area contributed by atoms with E-state index in [9.17, 15) is 24.0 Å². The minimum absolute atomic E-state index is 0. The van der Waals surface area contributed by atoms with Gasteiger partial charge in [-0.2, -0.15) is 0 Å². The van der Waals surface area contributed by atoms with Crippen molar-refractivity contribution in [1.29, 1.82) is 0 Å². The minimum atomic E-state index is -1.08. The van der Waals surface area contributed by atoms with Crippen molar-refractivity contribution < 1.29 is 52.4 Å². The number of alkyl carbamates (subject to hydrolysis) is 1. The first-order valence-electron chi connectivity index (χ1n) is 13.0. The van der Waals surface area contributed by atoms with Crippen molar-refractivity contribution >= 4 is 42.7 Å². The second-order valence-electron chi connectivity index (χ2n) is 11.6. The van der Waals surface area contributed by atoms with Gasteiger partial charge in [0.15, 0.2) is 0 Å². The van der Waals surface area contributed by atoms with Gasteiger partial charge in [0.1, 0.15) is 28.9 Å². The van der Waals surface area contributed by atoms with E-state index >= 15 is 0 Å². The molecule has 4 atom stereocenters. The van der Waals surface area contributed by atoms with Crippen LogP contribution in [0.15, 0.2) is 10.2 Å². The zero-order valence-corrected chi connectivity index (χ0v) is 28.8. The van der Waals surface area contributed by atoms with Gasteiger partial charge < -0.3 is 39.5 Å². The summed E-state index contributed by atoms with van der Waals surface area (Å²) in [5.74, 6) is -1.29. The average molecular weight is 719 g/mol. The first-order chi connectivity index (χ1) is 19.8. The van der Waals surface area contributed by atoms with Gasteiger partial charge in [-0.3, -0.25) is 4.79 Å². The summed E-state index contributed by atoms with van der Waals surface area (Å²) in [6, 6.07) is -3.32. The SMILES string of the molecule is C.C.C.CC(C)(C)OC(=O)OC(=O)OC(C)(C)C.COC(=O)[C@@H](N)[C@@H](C)N=[N+]=[N-].COC(=O)[C@@H](NC(=O)OC(C)(C)C)[C@@H](C)N=[N+]=[N-].Cl. The van der Waals surface area contributed by atoms with Crippen molar-refractivity contribution in [2.24, 2.45) is 16.0 Å². The maximum Gasteiger partial charge on any atom is 0.519 e. The molecule has 0 aromatic carbocycles. The second-order valence-corrected chi connectivity index (χ2v) is 11.6. The van der Waals surface area contributed by atoms with Crippen LogP contribution in [0.2, 0.25) is 0 Å². The van der Waals surface area contributed by atoms with E-state index in [-0.39, 0.29) is 34.7 Å². The summed E-state index contributed by atoms with van der Waals surface area (Å²) >= 11 is 0. The number of rotatable bonds is 7. The lowest BCUT2D eigenvalue weighted by Gasteiger charge is -2.23. The van der Waals surface area contributed by atoms with Gasteiger partial charge in [0.05, 0.1) is 26.3 Å². The highest BCUT2D eigenvalue weighted by atomic mass is 35.5. The van der Waals surface area contributed by atoms with Gasteiger partial charge >= 0.3 is 30.3 Å². The Hall–Kier alpha value is -4.18.